The maximum atomic E-state index is 9.14. The molecular formula is C13H19IO2. The summed E-state index contributed by atoms with van der Waals surface area (Å²) in [5.41, 5.74) is 1.14. The fourth-order valence-corrected chi connectivity index (χ4v) is 2.06. The van der Waals surface area contributed by atoms with Crippen LogP contribution in [-0.2, 0) is 0 Å². The van der Waals surface area contributed by atoms with E-state index in [9.17, 15) is 0 Å². The van der Waals surface area contributed by atoms with E-state index in [0.29, 0.717) is 0 Å². The number of rotatable bonds is 6. The van der Waals surface area contributed by atoms with E-state index in [-0.39, 0.29) is 12.5 Å². The Balaban J connectivity index is 2.73. The Morgan fingerprint density at radius 3 is 2.75 bits per heavy atom. The second kappa shape index (κ2) is 7.12. The summed E-state index contributed by atoms with van der Waals surface area (Å²) in [6.07, 6.45) is 2.22. The zero-order chi connectivity index (χ0) is 12.0. The molecule has 0 spiro atoms. The van der Waals surface area contributed by atoms with Gasteiger partial charge in [0.25, 0.3) is 0 Å². The van der Waals surface area contributed by atoms with E-state index in [0.717, 1.165) is 34.3 Å². The van der Waals surface area contributed by atoms with Gasteiger partial charge in [-0.1, -0.05) is 20.3 Å². The van der Waals surface area contributed by atoms with E-state index in [1.165, 1.54) is 0 Å². The molecule has 3 heteroatoms. The van der Waals surface area contributed by atoms with Crippen molar-refractivity contribution in [3.63, 3.8) is 0 Å². The van der Waals surface area contributed by atoms with Gasteiger partial charge < -0.3 is 9.84 Å². The SMILES string of the molecule is CCCCOc1cc(I)cc(C(C)CO)c1. The Bertz CT molecular complexity index is 326. The first kappa shape index (κ1) is 13.8. The van der Waals surface area contributed by atoms with Crippen molar-refractivity contribution in [1.29, 1.82) is 0 Å². The van der Waals surface area contributed by atoms with E-state index in [1.807, 2.05) is 19.1 Å². The number of hydrogen-bond donors (Lipinski definition) is 1. The maximum Gasteiger partial charge on any atom is 0.120 e. The molecule has 1 aromatic carbocycles. The molecule has 0 heterocycles. The lowest BCUT2D eigenvalue weighted by atomic mass is 10.0. The van der Waals surface area contributed by atoms with Crippen LogP contribution in [0.3, 0.4) is 0 Å². The predicted octanol–water partition coefficient (Wildman–Crippen LogP) is 3.57. The fraction of sp³-hybridized carbons (Fsp3) is 0.538. The molecule has 1 aromatic rings. The fourth-order valence-electron chi connectivity index (χ4n) is 1.39. The second-order valence-electron chi connectivity index (χ2n) is 4.01. The second-order valence-corrected chi connectivity index (χ2v) is 5.25. The summed E-state index contributed by atoms with van der Waals surface area (Å²) in [6.45, 7) is 5.11. The van der Waals surface area contributed by atoms with Gasteiger partial charge >= 0.3 is 0 Å². The van der Waals surface area contributed by atoms with Crippen molar-refractivity contribution < 1.29 is 9.84 Å². The van der Waals surface area contributed by atoms with Gasteiger partial charge in [-0.15, -0.1) is 0 Å². The van der Waals surface area contributed by atoms with Gasteiger partial charge in [-0.3, -0.25) is 0 Å². The quantitative estimate of drug-likeness (QED) is 0.637. The molecule has 90 valence electrons. The number of benzene rings is 1. The standard InChI is InChI=1S/C13H19IO2/c1-3-4-5-16-13-7-11(10(2)9-15)6-12(14)8-13/h6-8,10,15H,3-5,9H2,1-2H3. The van der Waals surface area contributed by atoms with Crippen LogP contribution in [-0.4, -0.2) is 18.3 Å². The molecule has 0 fully saturated rings. The Labute approximate surface area is 111 Å². The molecule has 0 radical (unpaired) electrons. The number of hydrogen-bond acceptors (Lipinski definition) is 2. The highest BCUT2D eigenvalue weighted by molar-refractivity contribution is 14.1. The van der Waals surface area contributed by atoms with Crippen LogP contribution in [0, 0.1) is 3.57 Å². The molecule has 16 heavy (non-hydrogen) atoms. The third-order valence-electron chi connectivity index (χ3n) is 2.50. The minimum atomic E-state index is 0.170. The lowest BCUT2D eigenvalue weighted by Crippen LogP contribution is -2.02. The van der Waals surface area contributed by atoms with Crippen molar-refractivity contribution >= 4 is 22.6 Å². The molecule has 0 saturated heterocycles. The lowest BCUT2D eigenvalue weighted by molar-refractivity contribution is 0.272. The Morgan fingerprint density at radius 2 is 2.12 bits per heavy atom. The van der Waals surface area contributed by atoms with Crippen molar-refractivity contribution in [2.24, 2.45) is 0 Å². The van der Waals surface area contributed by atoms with E-state index in [4.69, 9.17) is 9.84 Å². The summed E-state index contributed by atoms with van der Waals surface area (Å²) < 4.78 is 6.83. The van der Waals surface area contributed by atoms with E-state index < -0.39 is 0 Å². The minimum Gasteiger partial charge on any atom is -0.494 e. The predicted molar refractivity (Wildman–Crippen MR) is 75.1 cm³/mol. The van der Waals surface area contributed by atoms with Gasteiger partial charge in [0.2, 0.25) is 0 Å². The molecule has 0 saturated carbocycles. The lowest BCUT2D eigenvalue weighted by Gasteiger charge is -2.12. The molecule has 1 atom stereocenters. The van der Waals surface area contributed by atoms with Crippen LogP contribution < -0.4 is 4.74 Å². The molecule has 2 nitrogen and oxygen atoms in total. The first-order valence-electron chi connectivity index (χ1n) is 5.71. The summed E-state index contributed by atoms with van der Waals surface area (Å²) in [6, 6.07) is 6.15. The van der Waals surface area contributed by atoms with Gasteiger partial charge in [0.1, 0.15) is 5.75 Å². The van der Waals surface area contributed by atoms with Crippen molar-refractivity contribution in [2.75, 3.05) is 13.2 Å². The van der Waals surface area contributed by atoms with Crippen molar-refractivity contribution in [1.82, 2.24) is 0 Å². The van der Waals surface area contributed by atoms with Crippen LogP contribution in [0.5, 0.6) is 5.75 Å². The van der Waals surface area contributed by atoms with Gasteiger partial charge in [-0.25, -0.2) is 0 Å². The van der Waals surface area contributed by atoms with Crippen LogP contribution >= 0.6 is 22.6 Å². The third-order valence-corrected chi connectivity index (χ3v) is 3.13. The molecule has 0 aromatic heterocycles. The summed E-state index contributed by atoms with van der Waals surface area (Å²) in [4.78, 5) is 0. The molecule has 0 amide bonds. The summed E-state index contributed by atoms with van der Waals surface area (Å²) in [5.74, 6) is 1.08. The molecule has 1 N–H and O–H groups in total. The van der Waals surface area contributed by atoms with Crippen molar-refractivity contribution in [2.45, 2.75) is 32.6 Å². The highest BCUT2D eigenvalue weighted by Gasteiger charge is 2.07. The van der Waals surface area contributed by atoms with E-state index in [1.54, 1.807) is 0 Å². The van der Waals surface area contributed by atoms with E-state index >= 15 is 0 Å². The van der Waals surface area contributed by atoms with Gasteiger partial charge in [0.15, 0.2) is 0 Å². The largest absolute Gasteiger partial charge is 0.494 e. The first-order chi connectivity index (χ1) is 7.67. The summed E-state index contributed by atoms with van der Waals surface area (Å²) in [7, 11) is 0. The van der Waals surface area contributed by atoms with Gasteiger partial charge in [0.05, 0.1) is 6.61 Å². The topological polar surface area (TPSA) is 29.5 Å². The van der Waals surface area contributed by atoms with Crippen LogP contribution in [0.4, 0.5) is 0 Å². The minimum absolute atomic E-state index is 0.170. The highest BCUT2D eigenvalue weighted by atomic mass is 127. The summed E-state index contributed by atoms with van der Waals surface area (Å²) >= 11 is 2.28. The number of aliphatic hydroxyl groups excluding tert-OH is 1. The number of ether oxygens (including phenoxy) is 1. The molecular weight excluding hydrogens is 315 g/mol. The highest BCUT2D eigenvalue weighted by Crippen LogP contribution is 2.24. The van der Waals surface area contributed by atoms with Crippen LogP contribution in [0.2, 0.25) is 0 Å². The summed E-state index contributed by atoms with van der Waals surface area (Å²) in [5, 5.41) is 9.14. The molecule has 0 bridgehead atoms. The zero-order valence-corrected chi connectivity index (χ0v) is 12.0. The van der Waals surface area contributed by atoms with Gasteiger partial charge in [-0.2, -0.15) is 0 Å². The maximum absolute atomic E-state index is 9.14. The van der Waals surface area contributed by atoms with Crippen molar-refractivity contribution in [3.8, 4) is 5.75 Å². The van der Waals surface area contributed by atoms with Crippen molar-refractivity contribution in [3.05, 3.63) is 27.3 Å². The van der Waals surface area contributed by atoms with Crippen LogP contribution in [0.1, 0.15) is 38.2 Å². The number of halogens is 1. The van der Waals surface area contributed by atoms with Gasteiger partial charge in [-0.05, 0) is 52.8 Å². The van der Waals surface area contributed by atoms with E-state index in [2.05, 4.69) is 35.6 Å². The number of aliphatic hydroxyl groups is 1. The Kier molecular flexibility index (Phi) is 6.13. The van der Waals surface area contributed by atoms with Gasteiger partial charge in [0, 0.05) is 16.1 Å². The average molecular weight is 334 g/mol. The molecule has 0 aliphatic heterocycles. The third kappa shape index (κ3) is 4.29. The molecule has 0 aliphatic rings. The first-order valence-corrected chi connectivity index (χ1v) is 6.79. The van der Waals surface area contributed by atoms with Crippen LogP contribution in [0.25, 0.3) is 0 Å². The molecule has 1 rings (SSSR count). The molecule has 1 unspecified atom stereocenters. The van der Waals surface area contributed by atoms with Crippen LogP contribution in [0.15, 0.2) is 18.2 Å². The Morgan fingerprint density at radius 1 is 1.38 bits per heavy atom. The smallest absolute Gasteiger partial charge is 0.120 e. The monoisotopic (exact) mass is 334 g/mol. The molecule has 0 aliphatic carbocycles. The Hall–Kier alpha value is -0.290. The number of unbranched alkanes of at least 4 members (excludes halogenated alkanes) is 1. The zero-order valence-electron chi connectivity index (χ0n) is 9.87. The average Bonchev–Trinajstić information content (AvgIpc) is 2.27. The normalized spacial score (nSPS) is 12.5.